The van der Waals surface area contributed by atoms with Crippen molar-refractivity contribution in [2.75, 3.05) is 0 Å². The SMILES string of the molecule is O=C(Cl)c1nc(Br)cs1. The Balaban J connectivity index is 2.98. The molecule has 0 spiro atoms. The normalized spacial score (nSPS) is 9.56. The first-order chi connectivity index (χ1) is 4.20. The third-order valence-electron chi connectivity index (χ3n) is 0.644. The molecule has 0 fully saturated rings. The van der Waals surface area contributed by atoms with Crippen LogP contribution in [0.4, 0.5) is 0 Å². The van der Waals surface area contributed by atoms with Gasteiger partial charge in [0.15, 0.2) is 5.01 Å². The van der Waals surface area contributed by atoms with E-state index in [-0.39, 0.29) is 0 Å². The molecule has 0 aliphatic carbocycles. The molecule has 0 atom stereocenters. The zero-order chi connectivity index (χ0) is 6.85. The van der Waals surface area contributed by atoms with Crippen molar-refractivity contribution in [3.63, 3.8) is 0 Å². The van der Waals surface area contributed by atoms with Crippen LogP contribution in [0.1, 0.15) is 9.80 Å². The van der Waals surface area contributed by atoms with E-state index in [1.807, 2.05) is 0 Å². The molecule has 48 valence electrons. The summed E-state index contributed by atoms with van der Waals surface area (Å²) in [5, 5.41) is 1.52. The van der Waals surface area contributed by atoms with Gasteiger partial charge in [-0.05, 0) is 27.5 Å². The van der Waals surface area contributed by atoms with Gasteiger partial charge >= 0.3 is 0 Å². The minimum absolute atomic E-state index is 0.323. The minimum Gasteiger partial charge on any atom is -0.273 e. The van der Waals surface area contributed by atoms with Crippen molar-refractivity contribution in [2.45, 2.75) is 0 Å². The number of aromatic nitrogens is 1. The molecule has 5 heteroatoms. The highest BCUT2D eigenvalue weighted by Crippen LogP contribution is 2.15. The fraction of sp³-hybridized carbons (Fsp3) is 0. The second-order valence-electron chi connectivity index (χ2n) is 1.25. The molecule has 0 aromatic carbocycles. The Kier molecular flexibility index (Phi) is 2.21. The lowest BCUT2D eigenvalue weighted by molar-refractivity contribution is 0.108. The zero-order valence-electron chi connectivity index (χ0n) is 4.10. The van der Waals surface area contributed by atoms with Crippen molar-refractivity contribution in [1.29, 1.82) is 0 Å². The highest BCUT2D eigenvalue weighted by molar-refractivity contribution is 9.10. The van der Waals surface area contributed by atoms with E-state index in [2.05, 4.69) is 20.9 Å². The predicted octanol–water partition coefficient (Wildman–Crippen LogP) is 2.28. The molecule has 9 heavy (non-hydrogen) atoms. The molecule has 1 rings (SSSR count). The van der Waals surface area contributed by atoms with Crippen LogP contribution in [0.5, 0.6) is 0 Å². The van der Waals surface area contributed by atoms with Gasteiger partial charge in [0.2, 0.25) is 0 Å². The van der Waals surface area contributed by atoms with Crippen molar-refractivity contribution in [3.8, 4) is 0 Å². The number of hydrogen-bond donors (Lipinski definition) is 0. The molecule has 2 nitrogen and oxygen atoms in total. The summed E-state index contributed by atoms with van der Waals surface area (Å²) in [6.45, 7) is 0. The summed E-state index contributed by atoms with van der Waals surface area (Å²) in [6.07, 6.45) is 0. The van der Waals surface area contributed by atoms with Crippen molar-refractivity contribution >= 4 is 44.1 Å². The first-order valence-electron chi connectivity index (χ1n) is 2.01. The van der Waals surface area contributed by atoms with Crippen LogP contribution in [0.15, 0.2) is 9.98 Å². The summed E-state index contributed by atoms with van der Waals surface area (Å²) in [5.74, 6) is 0. The molecule has 0 saturated heterocycles. The summed E-state index contributed by atoms with van der Waals surface area (Å²) in [5.41, 5.74) is 0. The highest BCUT2D eigenvalue weighted by atomic mass is 79.9. The van der Waals surface area contributed by atoms with E-state index >= 15 is 0 Å². The van der Waals surface area contributed by atoms with Gasteiger partial charge in [-0.2, -0.15) is 0 Å². The van der Waals surface area contributed by atoms with E-state index in [0.717, 1.165) is 0 Å². The average molecular weight is 226 g/mol. The van der Waals surface area contributed by atoms with E-state index in [1.54, 1.807) is 5.38 Å². The van der Waals surface area contributed by atoms with Crippen LogP contribution in [-0.2, 0) is 0 Å². The summed E-state index contributed by atoms with van der Waals surface area (Å²) in [4.78, 5) is 14.1. The topological polar surface area (TPSA) is 30.0 Å². The lowest BCUT2D eigenvalue weighted by Crippen LogP contribution is -1.84. The molecule has 1 heterocycles. The van der Waals surface area contributed by atoms with Crippen LogP contribution in [0.2, 0.25) is 0 Å². The van der Waals surface area contributed by atoms with Crippen LogP contribution in [-0.4, -0.2) is 10.2 Å². The first kappa shape index (κ1) is 7.18. The lowest BCUT2D eigenvalue weighted by atomic mass is 10.8. The van der Waals surface area contributed by atoms with E-state index in [1.165, 1.54) is 11.3 Å². The maximum absolute atomic E-state index is 10.4. The number of rotatable bonds is 1. The molecule has 0 aliphatic rings. The molecule has 0 bridgehead atoms. The lowest BCUT2D eigenvalue weighted by Gasteiger charge is -1.76. The molecule has 0 N–H and O–H groups in total. The van der Waals surface area contributed by atoms with Crippen LogP contribution in [0.3, 0.4) is 0 Å². The Morgan fingerprint density at radius 3 is 2.78 bits per heavy atom. The van der Waals surface area contributed by atoms with Gasteiger partial charge in [0.25, 0.3) is 5.24 Å². The van der Waals surface area contributed by atoms with Crippen LogP contribution < -0.4 is 0 Å². The Labute approximate surface area is 69.0 Å². The summed E-state index contributed by atoms with van der Waals surface area (Å²) < 4.78 is 0.650. The average Bonchev–Trinajstić information content (AvgIpc) is 2.14. The standard InChI is InChI=1S/C4HBrClNOS/c5-2-1-9-4(7-2)3(6)8/h1H. The smallest absolute Gasteiger partial charge is 0.273 e. The van der Waals surface area contributed by atoms with Crippen molar-refractivity contribution < 1.29 is 4.79 Å². The van der Waals surface area contributed by atoms with Gasteiger partial charge in [-0.15, -0.1) is 11.3 Å². The van der Waals surface area contributed by atoms with Gasteiger partial charge in [0.1, 0.15) is 4.60 Å². The number of halogens is 2. The summed E-state index contributed by atoms with van der Waals surface area (Å²) in [7, 11) is 0. The quantitative estimate of drug-likeness (QED) is 0.688. The summed E-state index contributed by atoms with van der Waals surface area (Å²) in [6, 6.07) is 0. The fourth-order valence-corrected chi connectivity index (χ4v) is 1.60. The van der Waals surface area contributed by atoms with Crippen molar-refractivity contribution in [1.82, 2.24) is 4.98 Å². The van der Waals surface area contributed by atoms with Gasteiger partial charge < -0.3 is 0 Å². The Morgan fingerprint density at radius 1 is 1.89 bits per heavy atom. The van der Waals surface area contributed by atoms with Crippen LogP contribution >= 0.6 is 38.9 Å². The molecule has 0 amide bonds. The predicted molar refractivity (Wildman–Crippen MR) is 40.0 cm³/mol. The number of thiazole rings is 1. The molecule has 1 aromatic rings. The van der Waals surface area contributed by atoms with E-state index < -0.39 is 5.24 Å². The maximum atomic E-state index is 10.4. The Hall–Kier alpha value is 0.0700. The van der Waals surface area contributed by atoms with E-state index in [4.69, 9.17) is 11.6 Å². The monoisotopic (exact) mass is 225 g/mol. The number of nitrogens with zero attached hydrogens (tertiary/aromatic N) is 1. The van der Waals surface area contributed by atoms with Crippen molar-refractivity contribution in [3.05, 3.63) is 15.0 Å². The van der Waals surface area contributed by atoms with Crippen molar-refractivity contribution in [2.24, 2.45) is 0 Å². The first-order valence-corrected chi connectivity index (χ1v) is 4.06. The molecular formula is C4HBrClNOS. The molecule has 1 aromatic heterocycles. The molecular weight excluding hydrogens is 225 g/mol. The minimum atomic E-state index is -0.509. The molecule has 0 saturated carbocycles. The van der Waals surface area contributed by atoms with Gasteiger partial charge in [-0.3, -0.25) is 4.79 Å². The van der Waals surface area contributed by atoms with E-state index in [0.29, 0.717) is 9.61 Å². The second kappa shape index (κ2) is 2.77. The van der Waals surface area contributed by atoms with Gasteiger partial charge in [-0.25, -0.2) is 4.98 Å². The zero-order valence-corrected chi connectivity index (χ0v) is 7.26. The molecule has 0 aliphatic heterocycles. The Morgan fingerprint density at radius 2 is 2.56 bits per heavy atom. The van der Waals surface area contributed by atoms with Crippen LogP contribution in [0.25, 0.3) is 0 Å². The fourth-order valence-electron chi connectivity index (χ4n) is 0.344. The third-order valence-corrected chi connectivity index (χ3v) is 2.49. The Bertz CT molecular complexity index is 236. The van der Waals surface area contributed by atoms with E-state index in [9.17, 15) is 4.79 Å². The second-order valence-corrected chi connectivity index (χ2v) is 3.26. The number of carbonyl (C=O) groups excluding carboxylic acids is 1. The number of carbonyl (C=O) groups is 1. The maximum Gasteiger partial charge on any atom is 0.281 e. The van der Waals surface area contributed by atoms with Crippen LogP contribution in [0, 0.1) is 0 Å². The molecule has 0 radical (unpaired) electrons. The number of hydrogen-bond acceptors (Lipinski definition) is 3. The molecule has 0 unspecified atom stereocenters. The van der Waals surface area contributed by atoms with Gasteiger partial charge in [0, 0.05) is 5.38 Å². The van der Waals surface area contributed by atoms with Gasteiger partial charge in [0.05, 0.1) is 0 Å². The highest BCUT2D eigenvalue weighted by Gasteiger charge is 2.04. The third kappa shape index (κ3) is 1.74. The summed E-state index contributed by atoms with van der Waals surface area (Å²) >= 11 is 9.41. The van der Waals surface area contributed by atoms with Gasteiger partial charge in [-0.1, -0.05) is 0 Å². The largest absolute Gasteiger partial charge is 0.281 e.